The van der Waals surface area contributed by atoms with Crippen LogP contribution in [0.25, 0.3) is 110 Å². The van der Waals surface area contributed by atoms with Gasteiger partial charge in [-0.3, -0.25) is 0 Å². The third kappa shape index (κ3) is 4.36. The smallest absolute Gasteiger partial charge is 0.178 e. The zero-order valence-corrected chi connectivity index (χ0v) is 27.0. The first-order chi connectivity index (χ1) is 24.8. The topological polar surface area (TPSA) is 26.3 Å². The molecule has 11 aromatic rings. The van der Waals surface area contributed by atoms with Crippen molar-refractivity contribution in [3.05, 3.63) is 170 Å². The molecule has 0 radical (unpaired) electrons. The van der Waals surface area contributed by atoms with Crippen LogP contribution in [0.3, 0.4) is 0 Å². The molecule has 51 heavy (non-hydrogen) atoms. The molecule has 2 heterocycles. The minimum Gasteiger partial charge on any atom is -0.452 e. The Labute approximate surface area is 294 Å². The minimum atomic E-state index is 0. The van der Waals surface area contributed by atoms with Gasteiger partial charge in [0, 0.05) is 21.5 Å². The zero-order chi connectivity index (χ0) is 32.8. The lowest BCUT2D eigenvalue weighted by molar-refractivity contribution is 0.633. The van der Waals surface area contributed by atoms with Crippen LogP contribution in [0.4, 0.5) is 0 Å². The lowest BCUT2D eigenvalue weighted by atomic mass is 9.85. The van der Waals surface area contributed by atoms with Crippen molar-refractivity contribution in [1.82, 2.24) is 0 Å². The number of fused-ring (bicyclic) bond motifs is 10. The van der Waals surface area contributed by atoms with Gasteiger partial charge in [0.05, 0.1) is 0 Å². The molecule has 0 unspecified atom stereocenters. The molecule has 0 saturated carbocycles. The fourth-order valence-corrected chi connectivity index (χ4v) is 8.12. The van der Waals surface area contributed by atoms with E-state index in [-0.39, 0.29) is 7.43 Å². The van der Waals surface area contributed by atoms with E-state index in [0.29, 0.717) is 0 Å². The van der Waals surface area contributed by atoms with Gasteiger partial charge < -0.3 is 8.83 Å². The maximum absolute atomic E-state index is 6.41. The highest BCUT2D eigenvalue weighted by Crippen LogP contribution is 2.45. The molecule has 0 saturated heterocycles. The molecule has 2 heteroatoms. The van der Waals surface area contributed by atoms with Crippen LogP contribution in [0.2, 0.25) is 0 Å². The monoisotopic (exact) mass is 652 g/mol. The highest BCUT2D eigenvalue weighted by atomic mass is 16.4. The van der Waals surface area contributed by atoms with Gasteiger partial charge in [0.15, 0.2) is 11.2 Å². The van der Waals surface area contributed by atoms with Crippen molar-refractivity contribution < 1.29 is 8.83 Å². The van der Waals surface area contributed by atoms with Crippen molar-refractivity contribution in [2.75, 3.05) is 0 Å². The molecule has 0 aliphatic heterocycles. The maximum atomic E-state index is 6.41. The lowest BCUT2D eigenvalue weighted by Crippen LogP contribution is -1.91. The molecule has 0 atom stereocenters. The first kappa shape index (κ1) is 29.3. The second-order valence-electron chi connectivity index (χ2n) is 13.2. The van der Waals surface area contributed by atoms with Crippen molar-refractivity contribution in [1.29, 1.82) is 0 Å². The Balaban J connectivity index is 0.00000327. The molecule has 9 aromatic carbocycles. The van der Waals surface area contributed by atoms with Gasteiger partial charge >= 0.3 is 0 Å². The van der Waals surface area contributed by atoms with Crippen LogP contribution in [0.5, 0.6) is 0 Å². The van der Waals surface area contributed by atoms with E-state index in [1.165, 1.54) is 54.6 Å². The van der Waals surface area contributed by atoms with Crippen molar-refractivity contribution in [3.63, 3.8) is 0 Å². The van der Waals surface area contributed by atoms with E-state index >= 15 is 0 Å². The summed E-state index contributed by atoms with van der Waals surface area (Å²) < 4.78 is 12.7. The van der Waals surface area contributed by atoms with Crippen molar-refractivity contribution in [2.24, 2.45) is 0 Å². The SMILES string of the molecule is C.c1ccc2cc(-c3c4ccccc4c(-c4ccc(-c5ccc6oc7c(ccc8c9ccccc9oc87)c6c5)cc4)c4ccccc34)ccc2c1. The Morgan fingerprint density at radius 1 is 0.275 bits per heavy atom. The molecule has 0 N–H and O–H groups in total. The summed E-state index contributed by atoms with van der Waals surface area (Å²) in [5.41, 5.74) is 10.6. The van der Waals surface area contributed by atoms with Gasteiger partial charge in [0.2, 0.25) is 0 Å². The van der Waals surface area contributed by atoms with Crippen molar-refractivity contribution in [3.8, 4) is 33.4 Å². The Kier molecular flexibility index (Phi) is 6.43. The molecule has 0 spiro atoms. The van der Waals surface area contributed by atoms with Crippen LogP contribution in [0.1, 0.15) is 7.43 Å². The van der Waals surface area contributed by atoms with E-state index in [2.05, 4.69) is 152 Å². The van der Waals surface area contributed by atoms with Crippen LogP contribution < -0.4 is 0 Å². The van der Waals surface area contributed by atoms with Gasteiger partial charge in [0.25, 0.3) is 0 Å². The molecule has 0 bridgehead atoms. The van der Waals surface area contributed by atoms with Crippen molar-refractivity contribution in [2.45, 2.75) is 7.43 Å². The van der Waals surface area contributed by atoms with Gasteiger partial charge in [-0.1, -0.05) is 141 Å². The zero-order valence-electron chi connectivity index (χ0n) is 27.0. The van der Waals surface area contributed by atoms with Crippen LogP contribution in [-0.4, -0.2) is 0 Å². The normalized spacial score (nSPS) is 11.8. The molecular weight excluding hydrogens is 621 g/mol. The second kappa shape index (κ2) is 11.2. The number of benzene rings is 9. The Morgan fingerprint density at radius 3 is 1.41 bits per heavy atom. The number of furan rings is 2. The number of rotatable bonds is 3. The average Bonchev–Trinajstić information content (AvgIpc) is 3.75. The van der Waals surface area contributed by atoms with Crippen LogP contribution >= 0.6 is 0 Å². The molecule has 0 aliphatic rings. The number of hydrogen-bond acceptors (Lipinski definition) is 2. The van der Waals surface area contributed by atoms with E-state index in [1.54, 1.807) is 0 Å². The van der Waals surface area contributed by atoms with E-state index in [4.69, 9.17) is 8.83 Å². The molecule has 2 aromatic heterocycles. The van der Waals surface area contributed by atoms with Gasteiger partial charge in [-0.25, -0.2) is 0 Å². The second-order valence-corrected chi connectivity index (χ2v) is 13.2. The van der Waals surface area contributed by atoms with Crippen LogP contribution in [-0.2, 0) is 0 Å². The third-order valence-electron chi connectivity index (χ3n) is 10.5. The quantitative estimate of drug-likeness (QED) is 0.178. The van der Waals surface area contributed by atoms with Crippen molar-refractivity contribution >= 4 is 76.2 Å². The minimum absolute atomic E-state index is 0. The summed E-state index contributed by atoms with van der Waals surface area (Å²) in [4.78, 5) is 0. The fourth-order valence-electron chi connectivity index (χ4n) is 8.12. The van der Waals surface area contributed by atoms with E-state index in [9.17, 15) is 0 Å². The first-order valence-electron chi connectivity index (χ1n) is 17.1. The molecule has 0 aliphatic carbocycles. The van der Waals surface area contributed by atoms with E-state index < -0.39 is 0 Å². The summed E-state index contributed by atoms with van der Waals surface area (Å²) >= 11 is 0. The highest BCUT2D eigenvalue weighted by Gasteiger charge is 2.18. The summed E-state index contributed by atoms with van der Waals surface area (Å²) in [6.07, 6.45) is 0. The Bertz CT molecular complexity index is 3080. The molecular formula is C49H32O2. The summed E-state index contributed by atoms with van der Waals surface area (Å²) in [6, 6.07) is 61.1. The fraction of sp³-hybridized carbons (Fsp3) is 0.0204. The van der Waals surface area contributed by atoms with Gasteiger partial charge in [-0.2, -0.15) is 0 Å². The molecule has 2 nitrogen and oxygen atoms in total. The molecule has 0 fully saturated rings. The van der Waals surface area contributed by atoms with Crippen LogP contribution in [0.15, 0.2) is 179 Å². The maximum Gasteiger partial charge on any atom is 0.178 e. The highest BCUT2D eigenvalue weighted by molar-refractivity contribution is 6.22. The molecule has 240 valence electrons. The largest absolute Gasteiger partial charge is 0.452 e. The van der Waals surface area contributed by atoms with Gasteiger partial charge in [-0.15, -0.1) is 0 Å². The molecule has 0 amide bonds. The summed E-state index contributed by atoms with van der Waals surface area (Å²) in [6.45, 7) is 0. The number of hydrogen-bond donors (Lipinski definition) is 0. The Hall–Kier alpha value is -6.64. The van der Waals surface area contributed by atoms with Gasteiger partial charge in [-0.05, 0) is 102 Å². The molecule has 11 rings (SSSR count). The average molecular weight is 653 g/mol. The van der Waals surface area contributed by atoms with Gasteiger partial charge in [0.1, 0.15) is 11.2 Å². The summed E-state index contributed by atoms with van der Waals surface area (Å²) in [5.74, 6) is 0. The lowest BCUT2D eigenvalue weighted by Gasteiger charge is -2.18. The third-order valence-corrected chi connectivity index (χ3v) is 10.5. The Morgan fingerprint density at radius 2 is 0.745 bits per heavy atom. The van der Waals surface area contributed by atoms with E-state index in [1.807, 2.05) is 18.2 Å². The predicted octanol–water partition coefficient (Wildman–Crippen LogP) is 14.6. The first-order valence-corrected chi connectivity index (χ1v) is 17.1. The number of para-hydroxylation sites is 1. The summed E-state index contributed by atoms with van der Waals surface area (Å²) in [7, 11) is 0. The van der Waals surface area contributed by atoms with Crippen LogP contribution in [0, 0.1) is 0 Å². The summed E-state index contributed by atoms with van der Waals surface area (Å²) in [5, 5.41) is 11.9. The van der Waals surface area contributed by atoms with E-state index in [0.717, 1.165) is 55.0 Å². The standard InChI is InChI=1S/C48H28O2.CH4/c1-2-10-32-27-34(22-19-29(32)9-1)46-38-14-5-3-12-36(38)45(37-13-4-6-15-39(37)46)31-20-17-30(18-21-31)33-23-26-44-42(28-33)41-25-24-40-35-11-7-8-16-43(35)49-47(40)48(41)50-44;/h1-28H;1H4. The predicted molar refractivity (Wildman–Crippen MR) is 217 cm³/mol.